The van der Waals surface area contributed by atoms with E-state index in [0.29, 0.717) is 12.3 Å². The van der Waals surface area contributed by atoms with Gasteiger partial charge in [0.15, 0.2) is 0 Å². The number of ether oxygens (including phenoxy) is 1. The van der Waals surface area contributed by atoms with Gasteiger partial charge >= 0.3 is 12.1 Å². The topological polar surface area (TPSA) is 79.5 Å². The SMILES string of the molecule is CC(C)CC(NC(=O)NC(C)C)NC(=O)OC(C)(C)C. The van der Waals surface area contributed by atoms with Crippen LogP contribution in [0.5, 0.6) is 0 Å². The van der Waals surface area contributed by atoms with Crippen molar-refractivity contribution >= 4 is 12.1 Å². The first-order valence-electron chi connectivity index (χ1n) is 7.06. The molecule has 6 heteroatoms. The van der Waals surface area contributed by atoms with Gasteiger partial charge in [-0.25, -0.2) is 9.59 Å². The summed E-state index contributed by atoms with van der Waals surface area (Å²) in [4.78, 5) is 23.4. The Labute approximate surface area is 122 Å². The smallest absolute Gasteiger partial charge is 0.409 e. The van der Waals surface area contributed by atoms with Gasteiger partial charge in [0.25, 0.3) is 0 Å². The van der Waals surface area contributed by atoms with Crippen LogP contribution in [0.1, 0.15) is 54.9 Å². The van der Waals surface area contributed by atoms with E-state index >= 15 is 0 Å². The van der Waals surface area contributed by atoms with Crippen molar-refractivity contribution < 1.29 is 14.3 Å². The highest BCUT2D eigenvalue weighted by molar-refractivity contribution is 5.75. The second-order valence-electron chi connectivity index (χ2n) is 6.60. The quantitative estimate of drug-likeness (QED) is 0.680. The van der Waals surface area contributed by atoms with Crippen LogP contribution in [0.15, 0.2) is 0 Å². The van der Waals surface area contributed by atoms with E-state index in [1.165, 1.54) is 0 Å². The van der Waals surface area contributed by atoms with Crippen molar-refractivity contribution in [3.8, 4) is 0 Å². The van der Waals surface area contributed by atoms with E-state index in [0.717, 1.165) is 0 Å². The first kappa shape index (κ1) is 18.5. The van der Waals surface area contributed by atoms with E-state index in [9.17, 15) is 9.59 Å². The Morgan fingerprint density at radius 2 is 1.55 bits per heavy atom. The number of hydrogen-bond donors (Lipinski definition) is 3. The lowest BCUT2D eigenvalue weighted by molar-refractivity contribution is 0.0492. The van der Waals surface area contributed by atoms with Crippen LogP contribution in [0.25, 0.3) is 0 Å². The first-order valence-corrected chi connectivity index (χ1v) is 7.06. The Balaban J connectivity index is 4.49. The summed E-state index contributed by atoms with van der Waals surface area (Å²) in [6.45, 7) is 13.2. The number of nitrogens with one attached hydrogen (secondary N) is 3. The maximum absolute atomic E-state index is 11.7. The lowest BCUT2D eigenvalue weighted by atomic mass is 10.1. The van der Waals surface area contributed by atoms with Gasteiger partial charge in [-0.05, 0) is 47.0 Å². The van der Waals surface area contributed by atoms with Crippen molar-refractivity contribution in [2.24, 2.45) is 5.92 Å². The van der Waals surface area contributed by atoms with Crippen molar-refractivity contribution in [3.63, 3.8) is 0 Å². The summed E-state index contributed by atoms with van der Waals surface area (Å²) in [7, 11) is 0. The minimum atomic E-state index is -0.563. The molecule has 1 atom stereocenters. The zero-order chi connectivity index (χ0) is 15.9. The molecule has 0 fully saturated rings. The number of amides is 3. The molecule has 0 aromatic rings. The second kappa shape index (κ2) is 7.97. The maximum atomic E-state index is 11.7. The molecule has 118 valence electrons. The van der Waals surface area contributed by atoms with Crippen LogP contribution in [-0.2, 0) is 4.74 Å². The van der Waals surface area contributed by atoms with Crippen LogP contribution in [0.4, 0.5) is 9.59 Å². The number of carbonyl (C=O) groups is 2. The van der Waals surface area contributed by atoms with Gasteiger partial charge in [-0.3, -0.25) is 0 Å². The summed E-state index contributed by atoms with van der Waals surface area (Å²) >= 11 is 0. The van der Waals surface area contributed by atoms with Crippen molar-refractivity contribution in [2.45, 2.75) is 72.7 Å². The Kier molecular flexibility index (Phi) is 7.39. The molecular weight excluding hydrogens is 258 g/mol. The van der Waals surface area contributed by atoms with Crippen molar-refractivity contribution in [1.82, 2.24) is 16.0 Å². The molecule has 0 aliphatic rings. The highest BCUT2D eigenvalue weighted by atomic mass is 16.6. The van der Waals surface area contributed by atoms with Crippen LogP contribution in [-0.4, -0.2) is 29.9 Å². The molecule has 3 amide bonds. The zero-order valence-corrected chi connectivity index (χ0v) is 13.7. The summed E-state index contributed by atoms with van der Waals surface area (Å²) in [5.74, 6) is 0.328. The molecule has 0 rings (SSSR count). The van der Waals surface area contributed by atoms with Crippen LogP contribution in [0, 0.1) is 5.92 Å². The van der Waals surface area contributed by atoms with Crippen molar-refractivity contribution in [3.05, 3.63) is 0 Å². The lowest BCUT2D eigenvalue weighted by Crippen LogP contribution is -2.53. The van der Waals surface area contributed by atoms with Gasteiger partial charge in [-0.1, -0.05) is 13.8 Å². The minimum Gasteiger partial charge on any atom is -0.444 e. The van der Waals surface area contributed by atoms with Gasteiger partial charge < -0.3 is 20.7 Å². The number of alkyl carbamates (subject to hydrolysis) is 1. The maximum Gasteiger partial charge on any atom is 0.409 e. The van der Waals surface area contributed by atoms with Crippen LogP contribution < -0.4 is 16.0 Å². The normalized spacial score (nSPS) is 13.1. The van der Waals surface area contributed by atoms with Crippen LogP contribution in [0.3, 0.4) is 0 Å². The number of rotatable bonds is 5. The Hall–Kier alpha value is -1.46. The molecule has 20 heavy (non-hydrogen) atoms. The fourth-order valence-corrected chi connectivity index (χ4v) is 1.54. The van der Waals surface area contributed by atoms with Gasteiger partial charge in [-0.15, -0.1) is 0 Å². The molecule has 0 radical (unpaired) electrons. The van der Waals surface area contributed by atoms with E-state index < -0.39 is 17.9 Å². The third kappa shape index (κ3) is 10.5. The third-order valence-electron chi connectivity index (χ3n) is 2.12. The molecule has 0 spiro atoms. The summed E-state index contributed by atoms with van der Waals surface area (Å²) < 4.78 is 5.19. The van der Waals surface area contributed by atoms with Crippen molar-refractivity contribution in [2.75, 3.05) is 0 Å². The molecule has 0 aliphatic heterocycles. The third-order valence-corrected chi connectivity index (χ3v) is 2.12. The predicted molar refractivity (Wildman–Crippen MR) is 79.4 cm³/mol. The zero-order valence-electron chi connectivity index (χ0n) is 13.7. The van der Waals surface area contributed by atoms with Crippen LogP contribution >= 0.6 is 0 Å². The molecule has 0 aromatic heterocycles. The molecule has 1 unspecified atom stereocenters. The Morgan fingerprint density at radius 3 is 1.95 bits per heavy atom. The molecule has 0 aromatic carbocycles. The Bertz CT molecular complexity index is 322. The standard InChI is InChI=1S/C14H29N3O3/c1-9(2)8-11(16-12(18)15-10(3)4)17-13(19)20-14(5,6)7/h9-11H,8H2,1-7H3,(H,17,19)(H2,15,16,18). The monoisotopic (exact) mass is 287 g/mol. The summed E-state index contributed by atoms with van der Waals surface area (Å²) in [5, 5.41) is 8.14. The number of carbonyl (C=O) groups excluding carboxylic acids is 2. The minimum absolute atomic E-state index is 0.0382. The lowest BCUT2D eigenvalue weighted by Gasteiger charge is -2.25. The fourth-order valence-electron chi connectivity index (χ4n) is 1.54. The van der Waals surface area contributed by atoms with E-state index in [1.807, 2.05) is 27.7 Å². The largest absolute Gasteiger partial charge is 0.444 e. The van der Waals surface area contributed by atoms with E-state index in [2.05, 4.69) is 16.0 Å². The Morgan fingerprint density at radius 1 is 1.00 bits per heavy atom. The summed E-state index contributed by atoms with van der Waals surface area (Å²) in [6.07, 6.45) is -0.360. The fraction of sp³-hybridized carbons (Fsp3) is 0.857. The van der Waals surface area contributed by atoms with Crippen molar-refractivity contribution in [1.29, 1.82) is 0 Å². The average Bonchev–Trinajstić information content (AvgIpc) is 2.09. The first-order chi connectivity index (χ1) is 8.99. The highest BCUT2D eigenvalue weighted by Crippen LogP contribution is 2.08. The molecule has 0 bridgehead atoms. The van der Waals surface area contributed by atoms with E-state index in [-0.39, 0.29) is 12.1 Å². The number of hydrogen-bond acceptors (Lipinski definition) is 3. The van der Waals surface area contributed by atoms with Gasteiger partial charge in [0.2, 0.25) is 0 Å². The molecule has 0 saturated heterocycles. The predicted octanol–water partition coefficient (Wildman–Crippen LogP) is 2.59. The molecule has 0 saturated carbocycles. The molecule has 0 aliphatic carbocycles. The average molecular weight is 287 g/mol. The summed E-state index contributed by atoms with van der Waals surface area (Å²) in [5.41, 5.74) is -0.563. The van der Waals surface area contributed by atoms with Gasteiger partial charge in [0, 0.05) is 6.04 Å². The van der Waals surface area contributed by atoms with E-state index in [4.69, 9.17) is 4.74 Å². The van der Waals surface area contributed by atoms with Gasteiger partial charge in [0.05, 0.1) is 0 Å². The molecule has 3 N–H and O–H groups in total. The second-order valence-corrected chi connectivity index (χ2v) is 6.60. The van der Waals surface area contributed by atoms with E-state index in [1.54, 1.807) is 20.8 Å². The summed E-state index contributed by atoms with van der Waals surface area (Å²) in [6, 6.07) is -0.266. The van der Waals surface area contributed by atoms with Gasteiger partial charge in [0.1, 0.15) is 11.8 Å². The molecule has 0 heterocycles. The number of urea groups is 1. The molecule has 6 nitrogen and oxygen atoms in total. The highest BCUT2D eigenvalue weighted by Gasteiger charge is 2.21. The van der Waals surface area contributed by atoms with Gasteiger partial charge in [-0.2, -0.15) is 0 Å². The molecular formula is C14H29N3O3. The van der Waals surface area contributed by atoms with Crippen LogP contribution in [0.2, 0.25) is 0 Å².